The van der Waals surface area contributed by atoms with E-state index in [4.69, 9.17) is 92.4 Å². The Morgan fingerprint density at radius 2 is 0.500 bits per heavy atom. The third-order valence-corrected chi connectivity index (χ3v) is 26.9. The molecule has 15 rings (SSSR count). The molecule has 0 aliphatic rings. The van der Waals surface area contributed by atoms with Gasteiger partial charge in [-0.05, 0) is 251 Å². The van der Waals surface area contributed by atoms with Crippen LogP contribution in [0, 0.1) is 47.5 Å². The van der Waals surface area contributed by atoms with Gasteiger partial charge in [0, 0.05) is 46.3 Å². The van der Waals surface area contributed by atoms with Crippen LogP contribution in [0.4, 0.5) is 0 Å². The smallest absolute Gasteiger partial charge is 0.323 e. The number of nitrogens with one attached hydrogen (secondary N) is 4. The molecule has 15 aromatic rings. The summed E-state index contributed by atoms with van der Waals surface area (Å²) in [7, 11) is 0. The highest BCUT2D eigenvalue weighted by molar-refractivity contribution is 6.33. The van der Waals surface area contributed by atoms with Gasteiger partial charge in [-0.2, -0.15) is 0 Å². The molecule has 21 heteroatoms. The summed E-state index contributed by atoms with van der Waals surface area (Å²) in [5, 5.41) is 105. The van der Waals surface area contributed by atoms with Crippen molar-refractivity contribution < 1.29 is 65.4 Å². The van der Waals surface area contributed by atoms with Gasteiger partial charge in [-0.15, -0.1) is 0 Å². The molecule has 0 fully saturated rings. The van der Waals surface area contributed by atoms with Crippen molar-refractivity contribution in [1.82, 2.24) is 21.3 Å². The number of rotatable bonds is 40. The highest BCUT2D eigenvalue weighted by atomic mass is 35.5. The van der Waals surface area contributed by atoms with Crippen molar-refractivity contribution in [3.05, 3.63) is 471 Å². The molecule has 0 bridgehead atoms. The van der Waals surface area contributed by atoms with Gasteiger partial charge in [0.05, 0.1) is 64.2 Å². The molecule has 17 nitrogen and oxygen atoms in total. The third-order valence-electron chi connectivity index (χ3n) is 25.6. The Kier molecular flexibility index (Phi) is 46.2. The van der Waals surface area contributed by atoms with Gasteiger partial charge in [0.2, 0.25) is 0 Å². The van der Waals surface area contributed by atoms with Crippen molar-refractivity contribution in [1.29, 1.82) is 0 Å². The van der Waals surface area contributed by atoms with Crippen molar-refractivity contribution in [3.8, 4) is 55.6 Å². The lowest BCUT2D eigenvalue weighted by Gasteiger charge is -2.14. The molecule has 0 saturated carbocycles. The Hall–Kier alpha value is -13.9. The van der Waals surface area contributed by atoms with E-state index in [1.165, 1.54) is 100 Å². The van der Waals surface area contributed by atoms with Gasteiger partial charge in [0.25, 0.3) is 0 Å². The van der Waals surface area contributed by atoms with Gasteiger partial charge in [-0.3, -0.25) is 25.0 Å². The normalized spacial score (nSPS) is 11.9. The van der Waals surface area contributed by atoms with Crippen molar-refractivity contribution in [2.45, 2.75) is 105 Å². The number of aryl methyl sites for hydroxylation is 2. The summed E-state index contributed by atoms with van der Waals surface area (Å²) in [6.45, 7) is 12.9. The largest absolute Gasteiger partial charge is 0.481 e. The van der Waals surface area contributed by atoms with E-state index in [-0.39, 0.29) is 45.1 Å². The summed E-state index contributed by atoms with van der Waals surface area (Å²) in [5.74, 6) is -3.89. The quantitative estimate of drug-likeness (QED) is 0.0159. The minimum absolute atomic E-state index is 0.0717. The summed E-state index contributed by atoms with van der Waals surface area (Å²) in [6.07, 6.45) is 21.5. The first kappa shape index (κ1) is 114. The maximum Gasteiger partial charge on any atom is 0.323 e. The zero-order chi connectivity index (χ0) is 106. The second-order valence-corrected chi connectivity index (χ2v) is 37.4. The van der Waals surface area contributed by atoms with Crippen molar-refractivity contribution in [3.63, 3.8) is 0 Å². The molecular weight excluding hydrogens is 1930 g/mol. The van der Waals surface area contributed by atoms with Crippen molar-refractivity contribution in [2.75, 3.05) is 46.2 Å². The fraction of sp³-hybridized carbons (Fsp3) is 0.189. The zero-order valence-electron chi connectivity index (χ0n) is 83.8. The number of benzene rings is 15. The predicted molar refractivity (Wildman–Crippen MR) is 612 cm³/mol. The average Bonchev–Trinajstić information content (AvgIpc) is 0.832. The zero-order valence-corrected chi connectivity index (χ0v) is 86.8. The molecule has 762 valence electrons. The number of aliphatic hydroxyl groups is 7. The van der Waals surface area contributed by atoms with Gasteiger partial charge in [-0.1, -0.05) is 417 Å². The summed E-state index contributed by atoms with van der Waals surface area (Å²) in [5.41, 5.74) is 34.6. The van der Waals surface area contributed by atoms with Crippen molar-refractivity contribution in [2.24, 2.45) is 5.92 Å². The highest BCUT2D eigenvalue weighted by Crippen LogP contribution is 2.36. The van der Waals surface area contributed by atoms with E-state index in [9.17, 15) is 19.5 Å². The lowest BCUT2D eigenvalue weighted by atomic mass is 9.95. The molecule has 15 aromatic carbocycles. The maximum absolute atomic E-state index is 11.1. The molecule has 0 heterocycles. The van der Waals surface area contributed by atoms with Crippen LogP contribution in [-0.4, -0.2) is 139 Å². The number of halogens is 4. The lowest BCUT2D eigenvalue weighted by molar-refractivity contribution is -0.143. The molecule has 0 amide bonds. The van der Waals surface area contributed by atoms with Crippen LogP contribution in [0.3, 0.4) is 0 Å². The van der Waals surface area contributed by atoms with Gasteiger partial charge >= 0.3 is 17.9 Å². The maximum atomic E-state index is 11.1. The van der Waals surface area contributed by atoms with Gasteiger partial charge in [-0.25, -0.2) is 0 Å². The van der Waals surface area contributed by atoms with E-state index < -0.39 is 49.1 Å². The number of carboxylic acid groups (broad SMARTS) is 3. The minimum atomic E-state index is -1.09. The number of aliphatic carboxylic acids is 3. The number of hydrogen-bond acceptors (Lipinski definition) is 14. The van der Waals surface area contributed by atoms with Crippen LogP contribution in [0.25, 0.3) is 116 Å². The summed E-state index contributed by atoms with van der Waals surface area (Å²) < 4.78 is 0. The molecule has 0 saturated heterocycles. The van der Waals surface area contributed by atoms with Gasteiger partial charge in [0.1, 0.15) is 12.1 Å². The lowest BCUT2D eigenvalue weighted by Crippen LogP contribution is -2.39. The van der Waals surface area contributed by atoms with Crippen LogP contribution in [-0.2, 0) is 47.0 Å². The Labute approximate surface area is 888 Å². The number of aliphatic hydroxyl groups excluding tert-OH is 7. The second-order valence-electron chi connectivity index (χ2n) is 35.8. The topological polar surface area (TPSA) is 302 Å². The van der Waals surface area contributed by atoms with Crippen molar-refractivity contribution >= 4 is 125 Å². The van der Waals surface area contributed by atoms with E-state index in [0.29, 0.717) is 59.1 Å². The fourth-order valence-electron chi connectivity index (χ4n) is 16.6. The molecule has 148 heavy (non-hydrogen) atoms. The van der Waals surface area contributed by atoms with Crippen LogP contribution in [0.5, 0.6) is 0 Å². The molecule has 0 aliphatic heterocycles. The first-order valence-electron chi connectivity index (χ1n) is 49.0. The van der Waals surface area contributed by atoms with E-state index in [1.54, 1.807) is 12.1 Å². The van der Waals surface area contributed by atoms with Crippen LogP contribution in [0.2, 0.25) is 20.1 Å². The molecule has 0 aliphatic carbocycles. The Bertz CT molecular complexity index is 6670. The van der Waals surface area contributed by atoms with Gasteiger partial charge < -0.3 is 61.7 Å². The molecule has 0 radical (unpaired) electrons. The Morgan fingerprint density at radius 3 is 0.757 bits per heavy atom. The molecule has 14 N–H and O–H groups in total. The average molecular weight is 2060 g/mol. The van der Waals surface area contributed by atoms with E-state index in [1.807, 2.05) is 182 Å². The monoisotopic (exact) mass is 2060 g/mol. The SMILES string of the molecule is Cc1c(/C=C/c2cc(CC[C@H](CO)C(=O)O)ccc2Cl)cccc1-c1ccccc1.Cc1c(/C=C/c2ccc(CNC(CO)CO)cc2Cl)cccc1-c1ccccc1.Cc1c(/C=C/c2ccc(CN[C@@H](CO)C(=O)O)cc2Cl)cccc1-c1ccccc1.Cc1c(/C=C/c2ccc(CN[C@H](CO)C(=O)O)cc2Cl)cccc1-c1ccccc1.Cc1cc(CNC(CO)CO)ccc1/C=C/c1cccc(-c2ccccc2)c1C. The first-order valence-corrected chi connectivity index (χ1v) is 50.5. The number of carboxylic acids is 3. The Balaban J connectivity index is 0.000000176. The second kappa shape index (κ2) is 59.8. The molecule has 0 spiro atoms. The van der Waals surface area contributed by atoms with Crippen LogP contribution >= 0.6 is 46.4 Å². The summed E-state index contributed by atoms with van der Waals surface area (Å²) in [6, 6.07) is 110. The van der Waals surface area contributed by atoms with E-state index >= 15 is 0 Å². The number of carbonyl (C=O) groups is 3. The molecule has 0 unspecified atom stereocenters. The Morgan fingerprint density at radius 1 is 0.243 bits per heavy atom. The van der Waals surface area contributed by atoms with Gasteiger partial charge in [0.15, 0.2) is 0 Å². The molecule has 3 atom stereocenters. The predicted octanol–water partition coefficient (Wildman–Crippen LogP) is 25.7. The first-order chi connectivity index (χ1) is 71.7. The third kappa shape index (κ3) is 34.4. The molecular formula is C127H128Cl4N4O13. The van der Waals surface area contributed by atoms with Crippen LogP contribution in [0.1, 0.15) is 123 Å². The van der Waals surface area contributed by atoms with E-state index in [0.717, 1.165) is 72.3 Å². The summed E-state index contributed by atoms with van der Waals surface area (Å²) in [4.78, 5) is 33.1. The molecule has 0 aromatic heterocycles. The van der Waals surface area contributed by atoms with Crippen LogP contribution in [0.15, 0.2) is 334 Å². The summed E-state index contributed by atoms with van der Waals surface area (Å²) >= 11 is 25.7. The fourth-order valence-corrected chi connectivity index (χ4v) is 17.5. The number of hydrogen-bond donors (Lipinski definition) is 14. The standard InChI is InChI=1S/C26H25ClO3.C26H29NO2.2C25H24ClNO3.C25H26ClNO2/c1-18-20(8-5-9-24(18)21-6-3-2-4-7-21)13-14-22-16-19(11-15-25(22)27)10-12-23(17-28)26(29)30;1-19-15-21(16-27-25(17-28)18-29)11-12-22(19)13-14-23-9-6-10-26(20(23)2)24-7-4-3-5-8-24;2*1-17-19(8-5-9-22(17)20-6-3-2-4-7-20)12-13-21-11-10-18(14-23(21)26)15-27-24(16-28)25(29)30;1-18-20(8-5-9-24(18)21-6-3-2-4-7-21)12-13-22-11-10-19(14-25(22)26)15-27-23(16-28)17-29/h2-9,11,13-16,23,28H,10,12,17H2,1H3,(H,29,30);3-15,25,27-29H,16-18H2,1-2H3;2*2-14,24,27-28H,15-16H2,1H3,(H,29,30);2-14,23,27-29H,15-17H2,1H3/b2*14-13+;3*13-12+/t23-;;2*24-;/m1.10./s1. The minimum Gasteiger partial charge on any atom is -0.481 e. The van der Waals surface area contributed by atoms with Crippen LogP contribution < -0.4 is 21.3 Å². The van der Waals surface area contributed by atoms with E-state index in [2.05, 4.69) is 263 Å². The highest BCUT2D eigenvalue weighted by Gasteiger charge is 2.21.